The molecule has 0 aromatic carbocycles. The molecular weight excluding hydrogens is 224 g/mol. The van der Waals surface area contributed by atoms with Crippen LogP contribution in [0.25, 0.3) is 12.2 Å². The van der Waals surface area contributed by atoms with Crippen molar-refractivity contribution in [1.29, 1.82) is 0 Å². The summed E-state index contributed by atoms with van der Waals surface area (Å²) < 4.78 is 0. The molecule has 1 nitrogen and oxygen atoms in total. The molecular formula is C12H10OS2. The van der Waals surface area contributed by atoms with Crippen LogP contribution in [0.3, 0.4) is 0 Å². The molecule has 2 aromatic heterocycles. The van der Waals surface area contributed by atoms with Gasteiger partial charge in [-0.1, -0.05) is 6.08 Å². The van der Waals surface area contributed by atoms with Crippen molar-refractivity contribution in [3.63, 3.8) is 0 Å². The van der Waals surface area contributed by atoms with Crippen LogP contribution in [-0.4, -0.2) is 5.11 Å². The second-order valence-corrected chi connectivity index (χ2v) is 5.50. The van der Waals surface area contributed by atoms with Gasteiger partial charge in [-0.2, -0.15) is 0 Å². The average molecular weight is 234 g/mol. The third-order valence-electron chi connectivity index (χ3n) is 2.64. The summed E-state index contributed by atoms with van der Waals surface area (Å²) in [4.78, 5) is 2.36. The van der Waals surface area contributed by atoms with E-state index in [0.717, 1.165) is 16.9 Å². The van der Waals surface area contributed by atoms with Crippen LogP contribution in [0, 0.1) is 0 Å². The largest absolute Gasteiger partial charge is 0.387 e. The fourth-order valence-corrected chi connectivity index (χ4v) is 3.57. The molecule has 1 aliphatic rings. The Balaban J connectivity index is 2.14. The SMILES string of the molecule is OC1Cc2ccsc2C=Cc2ccsc21. The second-order valence-electron chi connectivity index (χ2n) is 3.60. The topological polar surface area (TPSA) is 20.2 Å². The van der Waals surface area contributed by atoms with Gasteiger partial charge in [0.1, 0.15) is 0 Å². The lowest BCUT2D eigenvalue weighted by molar-refractivity contribution is 0.182. The van der Waals surface area contributed by atoms with Crippen molar-refractivity contribution in [2.24, 2.45) is 0 Å². The average Bonchev–Trinajstić information content (AvgIpc) is 2.81. The molecule has 0 bridgehead atoms. The number of thiophene rings is 2. The van der Waals surface area contributed by atoms with Gasteiger partial charge in [0.15, 0.2) is 0 Å². The third-order valence-corrected chi connectivity index (χ3v) is 4.60. The molecule has 1 atom stereocenters. The Kier molecular flexibility index (Phi) is 2.24. The predicted octanol–water partition coefficient (Wildman–Crippen LogP) is 3.57. The zero-order valence-corrected chi connectivity index (χ0v) is 9.65. The molecule has 0 fully saturated rings. The maximum Gasteiger partial charge on any atom is 0.0928 e. The molecule has 1 unspecified atom stereocenters. The lowest BCUT2D eigenvalue weighted by Crippen LogP contribution is -2.02. The summed E-state index contributed by atoms with van der Waals surface area (Å²) in [5, 5.41) is 14.2. The Labute approximate surface area is 96.3 Å². The van der Waals surface area contributed by atoms with Crippen LogP contribution in [-0.2, 0) is 6.42 Å². The molecule has 0 saturated carbocycles. The molecule has 0 radical (unpaired) electrons. The number of fused-ring (bicyclic) bond motifs is 2. The third kappa shape index (κ3) is 1.57. The first-order valence-corrected chi connectivity index (χ1v) is 6.60. The Morgan fingerprint density at radius 1 is 1.13 bits per heavy atom. The van der Waals surface area contributed by atoms with E-state index in [1.165, 1.54) is 10.4 Å². The van der Waals surface area contributed by atoms with E-state index in [1.54, 1.807) is 22.7 Å². The van der Waals surface area contributed by atoms with Crippen LogP contribution in [0.4, 0.5) is 0 Å². The molecule has 0 amide bonds. The highest BCUT2D eigenvalue weighted by Gasteiger charge is 2.17. The standard InChI is InChI=1S/C12H10OS2/c13-10-7-9-4-5-14-11(9)2-1-8-3-6-15-12(8)10/h1-6,10,13H,7H2. The quantitative estimate of drug-likeness (QED) is 0.739. The first kappa shape index (κ1) is 9.33. The van der Waals surface area contributed by atoms with Gasteiger partial charge in [-0.3, -0.25) is 0 Å². The van der Waals surface area contributed by atoms with Crippen molar-refractivity contribution < 1.29 is 5.11 Å². The second kappa shape index (κ2) is 3.59. The Bertz CT molecular complexity index is 507. The highest BCUT2D eigenvalue weighted by atomic mass is 32.1. The van der Waals surface area contributed by atoms with Gasteiger partial charge in [-0.25, -0.2) is 0 Å². The fraction of sp³-hybridized carbons (Fsp3) is 0.167. The summed E-state index contributed by atoms with van der Waals surface area (Å²) in [6.07, 6.45) is 4.64. The Hall–Kier alpha value is -0.900. The van der Waals surface area contributed by atoms with Crippen molar-refractivity contribution >= 4 is 34.8 Å². The predicted molar refractivity (Wildman–Crippen MR) is 66.2 cm³/mol. The van der Waals surface area contributed by atoms with Crippen LogP contribution >= 0.6 is 22.7 Å². The molecule has 2 heterocycles. The van der Waals surface area contributed by atoms with Crippen molar-refractivity contribution in [3.05, 3.63) is 43.8 Å². The van der Waals surface area contributed by atoms with Gasteiger partial charge in [0.25, 0.3) is 0 Å². The number of rotatable bonds is 0. The molecule has 0 spiro atoms. The van der Waals surface area contributed by atoms with Gasteiger partial charge < -0.3 is 5.11 Å². The molecule has 76 valence electrons. The van der Waals surface area contributed by atoms with Crippen LogP contribution in [0.2, 0.25) is 0 Å². The zero-order chi connectivity index (χ0) is 10.3. The summed E-state index contributed by atoms with van der Waals surface area (Å²) >= 11 is 3.37. The summed E-state index contributed by atoms with van der Waals surface area (Å²) in [5.74, 6) is 0. The van der Waals surface area contributed by atoms with E-state index >= 15 is 0 Å². The zero-order valence-electron chi connectivity index (χ0n) is 8.01. The molecule has 2 aromatic rings. The number of aliphatic hydroxyl groups is 1. The van der Waals surface area contributed by atoms with E-state index in [1.807, 2.05) is 5.38 Å². The van der Waals surface area contributed by atoms with Crippen LogP contribution in [0.15, 0.2) is 22.9 Å². The van der Waals surface area contributed by atoms with Crippen LogP contribution in [0.1, 0.15) is 27.0 Å². The summed E-state index contributed by atoms with van der Waals surface area (Å²) in [6, 6.07) is 4.17. The molecule has 3 rings (SSSR count). The molecule has 15 heavy (non-hydrogen) atoms. The first-order valence-electron chi connectivity index (χ1n) is 4.84. The summed E-state index contributed by atoms with van der Waals surface area (Å²) in [5.41, 5.74) is 2.41. The minimum Gasteiger partial charge on any atom is -0.387 e. The van der Waals surface area contributed by atoms with Gasteiger partial charge in [0, 0.05) is 16.2 Å². The van der Waals surface area contributed by atoms with E-state index in [0.29, 0.717) is 0 Å². The molecule has 1 N–H and O–H groups in total. The van der Waals surface area contributed by atoms with E-state index < -0.39 is 0 Å². The summed E-state index contributed by atoms with van der Waals surface area (Å²) in [7, 11) is 0. The van der Waals surface area contributed by atoms with Gasteiger partial charge in [-0.05, 0) is 40.1 Å². The molecule has 1 aliphatic carbocycles. The van der Waals surface area contributed by atoms with Crippen LogP contribution in [0.5, 0.6) is 0 Å². The molecule has 3 heteroatoms. The number of hydrogen-bond acceptors (Lipinski definition) is 3. The van der Waals surface area contributed by atoms with E-state index in [9.17, 15) is 5.11 Å². The maximum atomic E-state index is 10.1. The monoisotopic (exact) mass is 234 g/mol. The van der Waals surface area contributed by atoms with Crippen molar-refractivity contribution in [2.75, 3.05) is 0 Å². The number of hydrogen-bond donors (Lipinski definition) is 1. The fourth-order valence-electron chi connectivity index (χ4n) is 1.87. The molecule has 0 saturated heterocycles. The van der Waals surface area contributed by atoms with E-state index in [-0.39, 0.29) is 6.10 Å². The van der Waals surface area contributed by atoms with E-state index in [4.69, 9.17) is 0 Å². The van der Waals surface area contributed by atoms with Gasteiger partial charge in [-0.15, -0.1) is 22.7 Å². The summed E-state index contributed by atoms with van der Waals surface area (Å²) in [6.45, 7) is 0. The highest BCUT2D eigenvalue weighted by molar-refractivity contribution is 7.11. The lowest BCUT2D eigenvalue weighted by Gasteiger charge is -2.12. The lowest BCUT2D eigenvalue weighted by atomic mass is 10.0. The Morgan fingerprint density at radius 3 is 2.93 bits per heavy atom. The molecule has 0 aliphatic heterocycles. The minimum atomic E-state index is -0.349. The smallest absolute Gasteiger partial charge is 0.0928 e. The normalized spacial score (nSPS) is 19.1. The van der Waals surface area contributed by atoms with Crippen molar-refractivity contribution in [3.8, 4) is 0 Å². The minimum absolute atomic E-state index is 0.349. The highest BCUT2D eigenvalue weighted by Crippen LogP contribution is 2.33. The van der Waals surface area contributed by atoms with E-state index in [2.05, 4.69) is 29.7 Å². The maximum absolute atomic E-state index is 10.1. The van der Waals surface area contributed by atoms with Crippen molar-refractivity contribution in [2.45, 2.75) is 12.5 Å². The first-order chi connectivity index (χ1) is 7.34. The van der Waals surface area contributed by atoms with Crippen LogP contribution < -0.4 is 0 Å². The van der Waals surface area contributed by atoms with Gasteiger partial charge in [0.2, 0.25) is 0 Å². The Morgan fingerprint density at radius 2 is 2.00 bits per heavy atom. The van der Waals surface area contributed by atoms with Crippen molar-refractivity contribution in [1.82, 2.24) is 0 Å². The van der Waals surface area contributed by atoms with Gasteiger partial charge in [0.05, 0.1) is 6.10 Å². The van der Waals surface area contributed by atoms with Gasteiger partial charge >= 0.3 is 0 Å². The number of aliphatic hydroxyl groups excluding tert-OH is 1.